The number of carbonyl (C=O) groups is 1. The molecule has 0 aromatic heterocycles. The monoisotopic (exact) mass is 870 g/mol. The first-order chi connectivity index (χ1) is 24.1. The van der Waals surface area contributed by atoms with E-state index in [4.69, 9.17) is 0 Å². The molecule has 4 aromatic carbocycles. The molecule has 0 spiro atoms. The molecule has 0 amide bonds. The van der Waals surface area contributed by atoms with Gasteiger partial charge in [0.15, 0.2) is 17.5 Å². The van der Waals surface area contributed by atoms with E-state index in [0.717, 1.165) is 57.4 Å². The number of halogens is 2. The molecule has 0 aliphatic carbocycles. The Hall–Kier alpha value is -4.09. The molecule has 52 heavy (non-hydrogen) atoms. The van der Waals surface area contributed by atoms with Crippen molar-refractivity contribution < 1.29 is 41.3 Å². The van der Waals surface area contributed by atoms with Crippen molar-refractivity contribution in [3.63, 3.8) is 0 Å². The minimum Gasteiger partial charge on any atom is -1.00 e. The second kappa shape index (κ2) is 17.6. The number of β-amino-alcohol motifs (C(OH)–C–C–N with tert-alkyl or cyclic N) is 1. The molecule has 1 N–H and O–H groups in total. The third kappa shape index (κ3) is 8.58. The Labute approximate surface area is 330 Å². The van der Waals surface area contributed by atoms with Crippen LogP contribution in [0.3, 0.4) is 0 Å². The standard InChI is InChI=1S/C18H18N3O3S.C18H17N3O3S.2BrH/c1-13-4-2-3-5-16(13)19-12-18(22,20-10-11-25-17(19)20)14-6-8-15(9-7-14)21(23)24;1-13-4-2-3-5-16(13)20(18-19-10-11-25-18)12-17(22)14-6-8-15(9-7-14)21(23)24;;/h2-9,22H,10-12H2,1H3;2-9H,10-12H2,1H3;2*1H/q+1;;;/p-1. The topological polar surface area (TPSA) is 145 Å². The largest absolute Gasteiger partial charge is 1.00 e. The lowest BCUT2D eigenvalue weighted by atomic mass is 10.0. The fourth-order valence-corrected chi connectivity index (χ4v) is 8.15. The molecule has 1 atom stereocenters. The number of ketones is 1. The molecule has 3 heterocycles. The number of hydrogen-bond donors (Lipinski definition) is 1. The first-order valence-corrected chi connectivity index (χ1v) is 17.9. The molecule has 1 unspecified atom stereocenters. The van der Waals surface area contributed by atoms with Crippen LogP contribution < -0.4 is 26.8 Å². The van der Waals surface area contributed by atoms with E-state index < -0.39 is 15.6 Å². The summed E-state index contributed by atoms with van der Waals surface area (Å²) in [5.41, 5.74) is 4.19. The number of nitro benzene ring substituents is 2. The second-order valence-corrected chi connectivity index (χ2v) is 14.0. The number of benzene rings is 4. The molecular formula is C36H36Br2N6O6S2. The highest BCUT2D eigenvalue weighted by Crippen LogP contribution is 2.39. The zero-order chi connectivity index (χ0) is 35.4. The van der Waals surface area contributed by atoms with E-state index in [1.807, 2.05) is 52.8 Å². The van der Waals surface area contributed by atoms with Gasteiger partial charge in [0.25, 0.3) is 17.1 Å². The van der Waals surface area contributed by atoms with E-state index in [9.17, 15) is 30.1 Å². The molecule has 0 fully saturated rings. The highest BCUT2D eigenvalue weighted by molar-refractivity contribution is 8.93. The highest BCUT2D eigenvalue weighted by Gasteiger charge is 2.54. The number of thioether (sulfide) groups is 2. The Kier molecular flexibility index (Phi) is 13.8. The average Bonchev–Trinajstić information content (AvgIpc) is 3.89. The summed E-state index contributed by atoms with van der Waals surface area (Å²) in [7, 11) is 0. The molecule has 12 nitrogen and oxygen atoms in total. The summed E-state index contributed by atoms with van der Waals surface area (Å²) >= 11 is 3.36. The van der Waals surface area contributed by atoms with Crippen LogP contribution in [0.4, 0.5) is 22.7 Å². The van der Waals surface area contributed by atoms with Gasteiger partial charge in [0.2, 0.25) is 0 Å². The van der Waals surface area contributed by atoms with Crippen molar-refractivity contribution in [2.45, 2.75) is 19.6 Å². The van der Waals surface area contributed by atoms with Gasteiger partial charge in [-0.05, 0) is 73.1 Å². The van der Waals surface area contributed by atoms with Crippen molar-refractivity contribution in [2.24, 2.45) is 4.99 Å². The van der Waals surface area contributed by atoms with Crippen LogP contribution >= 0.6 is 40.5 Å². The summed E-state index contributed by atoms with van der Waals surface area (Å²) in [5.74, 6) is 1.71. The Bertz CT molecular complexity index is 2020. The fourth-order valence-electron chi connectivity index (χ4n) is 6.11. The SMILES string of the molecule is Br.Cc1ccccc1N(CC(=O)c1ccc([N+](=O)[O-])cc1)C1=NCCS1.Cc1ccccc1N1CC(O)(c2ccc([N+](=O)[O-])cc2)[N+]2=C1SCC2.[Br-]. The first kappa shape index (κ1) is 40.7. The third-order valence-corrected chi connectivity index (χ3v) is 10.8. The lowest BCUT2D eigenvalue weighted by molar-refractivity contribution is -0.650. The third-order valence-electron chi connectivity index (χ3n) is 8.69. The van der Waals surface area contributed by atoms with Gasteiger partial charge in [0.05, 0.1) is 29.5 Å². The minimum atomic E-state index is -1.18. The number of carbonyl (C=O) groups excluding carboxylic acids is 1. The number of para-hydroxylation sites is 2. The molecule has 272 valence electrons. The number of nitro groups is 2. The van der Waals surface area contributed by atoms with Crippen LogP contribution in [0.15, 0.2) is 102 Å². The van der Waals surface area contributed by atoms with Crippen LogP contribution in [0.1, 0.15) is 27.0 Å². The normalized spacial score (nSPS) is 17.2. The van der Waals surface area contributed by atoms with E-state index in [2.05, 4.69) is 28.9 Å². The van der Waals surface area contributed by atoms with Crippen LogP contribution in [0, 0.1) is 34.1 Å². The number of rotatable bonds is 8. The summed E-state index contributed by atoms with van der Waals surface area (Å²) in [6.07, 6.45) is 0. The molecule has 4 aromatic rings. The number of non-ortho nitro benzene ring substituents is 2. The number of anilines is 2. The van der Waals surface area contributed by atoms with Gasteiger partial charge < -0.3 is 27.0 Å². The molecule has 16 heteroatoms. The van der Waals surface area contributed by atoms with E-state index in [-0.39, 0.29) is 57.7 Å². The van der Waals surface area contributed by atoms with E-state index in [1.165, 1.54) is 36.4 Å². The Morgan fingerprint density at radius 1 is 0.885 bits per heavy atom. The van der Waals surface area contributed by atoms with Crippen molar-refractivity contribution in [1.29, 1.82) is 0 Å². The summed E-state index contributed by atoms with van der Waals surface area (Å²) in [4.78, 5) is 42.0. The Balaban J connectivity index is 0.000000224. The summed E-state index contributed by atoms with van der Waals surface area (Å²) in [5, 5.41) is 35.0. The minimum absolute atomic E-state index is 0. The summed E-state index contributed by atoms with van der Waals surface area (Å²) < 4.78 is 2.01. The van der Waals surface area contributed by atoms with Crippen molar-refractivity contribution in [3.05, 3.63) is 140 Å². The second-order valence-electron chi connectivity index (χ2n) is 11.9. The van der Waals surface area contributed by atoms with Crippen molar-refractivity contribution in [1.82, 2.24) is 0 Å². The van der Waals surface area contributed by atoms with E-state index in [1.54, 1.807) is 35.7 Å². The Morgan fingerprint density at radius 2 is 1.48 bits per heavy atom. The highest BCUT2D eigenvalue weighted by atomic mass is 79.9. The van der Waals surface area contributed by atoms with Crippen LogP contribution in [-0.2, 0) is 5.72 Å². The molecule has 0 saturated heterocycles. The predicted octanol–water partition coefficient (Wildman–Crippen LogP) is 3.96. The van der Waals surface area contributed by atoms with Crippen LogP contribution in [0.5, 0.6) is 0 Å². The fraction of sp³-hybridized carbons (Fsp3) is 0.250. The van der Waals surface area contributed by atoms with E-state index >= 15 is 0 Å². The maximum absolute atomic E-state index is 12.7. The molecule has 0 bridgehead atoms. The van der Waals surface area contributed by atoms with Gasteiger partial charge in [-0.2, -0.15) is 0 Å². The van der Waals surface area contributed by atoms with Crippen molar-refractivity contribution in [3.8, 4) is 0 Å². The maximum Gasteiger partial charge on any atom is 0.316 e. The molecule has 0 saturated carbocycles. The summed E-state index contributed by atoms with van der Waals surface area (Å²) in [6, 6.07) is 27.9. The van der Waals surface area contributed by atoms with Gasteiger partial charge in [-0.1, -0.05) is 48.2 Å². The zero-order valence-corrected chi connectivity index (χ0v) is 33.2. The van der Waals surface area contributed by atoms with Gasteiger partial charge in [-0.3, -0.25) is 30.0 Å². The van der Waals surface area contributed by atoms with E-state index in [0.29, 0.717) is 17.7 Å². The molecular weight excluding hydrogens is 836 g/mol. The molecule has 0 radical (unpaired) electrons. The van der Waals surface area contributed by atoms with Gasteiger partial charge in [-0.15, -0.1) is 17.0 Å². The van der Waals surface area contributed by atoms with Gasteiger partial charge in [0, 0.05) is 52.6 Å². The van der Waals surface area contributed by atoms with Gasteiger partial charge in [0.1, 0.15) is 5.69 Å². The number of amidine groups is 2. The van der Waals surface area contributed by atoms with Crippen LogP contribution in [0.25, 0.3) is 0 Å². The number of aryl methyl sites for hydroxylation is 2. The van der Waals surface area contributed by atoms with Gasteiger partial charge in [-0.25, -0.2) is 9.48 Å². The lowest BCUT2D eigenvalue weighted by Gasteiger charge is -2.25. The first-order valence-electron chi connectivity index (χ1n) is 15.9. The van der Waals surface area contributed by atoms with Crippen LogP contribution in [-0.4, -0.2) is 73.3 Å². The smallest absolute Gasteiger partial charge is 0.316 e. The number of hydrogen-bond acceptors (Lipinski definition) is 11. The maximum atomic E-state index is 12.7. The number of aliphatic hydroxyl groups is 1. The number of nitrogens with zero attached hydrogens (tertiary/aromatic N) is 6. The quantitative estimate of drug-likeness (QED) is 0.120. The summed E-state index contributed by atoms with van der Waals surface area (Å²) in [6.45, 7) is 6.10. The molecule has 7 rings (SSSR count). The van der Waals surface area contributed by atoms with Crippen LogP contribution in [0.2, 0.25) is 0 Å². The van der Waals surface area contributed by atoms with Crippen molar-refractivity contribution >= 4 is 79.4 Å². The molecule has 3 aliphatic heterocycles. The van der Waals surface area contributed by atoms with Gasteiger partial charge >= 0.3 is 5.17 Å². The predicted molar refractivity (Wildman–Crippen MR) is 209 cm³/mol. The average molecular weight is 873 g/mol. The number of aliphatic imine (C=N–C) groups is 1. The lowest BCUT2D eigenvalue weighted by Crippen LogP contribution is -3.00. The van der Waals surface area contributed by atoms with Crippen molar-refractivity contribution in [2.75, 3.05) is 47.5 Å². The molecule has 3 aliphatic rings. The zero-order valence-electron chi connectivity index (χ0n) is 28.3. The Morgan fingerprint density at radius 3 is 2.06 bits per heavy atom. The number of Topliss-reactive ketones (excluding diaryl/α,β-unsaturated/α-hetero) is 1.